The number of methoxy groups -OCH3 is 1. The minimum absolute atomic E-state index is 0.0737. The van der Waals surface area contributed by atoms with Gasteiger partial charge in [0, 0.05) is 19.6 Å². The molecule has 0 unspecified atom stereocenters. The van der Waals surface area contributed by atoms with Crippen LogP contribution in [0.4, 0.5) is 0 Å². The molecule has 0 atom stereocenters. The highest BCUT2D eigenvalue weighted by molar-refractivity contribution is 6.05. The van der Waals surface area contributed by atoms with E-state index in [1.165, 1.54) is 0 Å². The first kappa shape index (κ1) is 22.5. The van der Waals surface area contributed by atoms with Crippen LogP contribution in [0.15, 0.2) is 29.3 Å². The maximum Gasteiger partial charge on any atom is 0.235 e. The van der Waals surface area contributed by atoms with Crippen molar-refractivity contribution in [1.82, 2.24) is 10.6 Å². The fourth-order valence-electron chi connectivity index (χ4n) is 3.67. The number of rotatable bonds is 11. The number of guanidine groups is 1. The van der Waals surface area contributed by atoms with Crippen LogP contribution in [0.25, 0.3) is 0 Å². The highest BCUT2D eigenvalue weighted by Gasteiger charge is 2.47. The maximum absolute atomic E-state index is 12.9. The van der Waals surface area contributed by atoms with Gasteiger partial charge in [0.05, 0.1) is 7.11 Å². The highest BCUT2D eigenvalue weighted by atomic mass is 16.5. The third kappa shape index (κ3) is 6.66. The van der Waals surface area contributed by atoms with E-state index in [1.807, 2.05) is 24.3 Å². The monoisotopic (exact) mass is 403 g/mol. The zero-order valence-electron chi connectivity index (χ0n) is 17.2. The number of hydrogen-bond donors (Lipinski definition) is 4. The molecule has 160 valence electrons. The second kappa shape index (κ2) is 11.3. The molecule has 8 heteroatoms. The Kier molecular flexibility index (Phi) is 8.76. The van der Waals surface area contributed by atoms with E-state index < -0.39 is 5.41 Å². The summed E-state index contributed by atoms with van der Waals surface area (Å²) in [5.74, 6) is 0.525. The average molecular weight is 404 g/mol. The van der Waals surface area contributed by atoms with Crippen molar-refractivity contribution in [3.8, 4) is 5.75 Å². The summed E-state index contributed by atoms with van der Waals surface area (Å²) in [5, 5.41) is 5.90. The van der Waals surface area contributed by atoms with Gasteiger partial charge < -0.3 is 26.8 Å². The number of ether oxygens (including phenoxy) is 1. The first-order valence-electron chi connectivity index (χ1n) is 10.2. The molecule has 2 amide bonds. The van der Waals surface area contributed by atoms with Crippen LogP contribution < -0.4 is 26.8 Å². The number of aliphatic imine (C=N–C) groups is 1. The number of benzene rings is 1. The molecule has 0 bridgehead atoms. The molecule has 1 aromatic carbocycles. The van der Waals surface area contributed by atoms with Gasteiger partial charge in [0.1, 0.15) is 11.2 Å². The van der Waals surface area contributed by atoms with Gasteiger partial charge in [-0.2, -0.15) is 0 Å². The van der Waals surface area contributed by atoms with E-state index in [2.05, 4.69) is 15.6 Å². The molecular weight excluding hydrogens is 370 g/mol. The van der Waals surface area contributed by atoms with Crippen molar-refractivity contribution in [2.24, 2.45) is 21.9 Å². The van der Waals surface area contributed by atoms with E-state index in [-0.39, 0.29) is 17.8 Å². The van der Waals surface area contributed by atoms with E-state index in [9.17, 15) is 9.59 Å². The Morgan fingerprint density at radius 2 is 1.79 bits per heavy atom. The molecule has 0 radical (unpaired) electrons. The Bertz CT molecular complexity index is 710. The van der Waals surface area contributed by atoms with Gasteiger partial charge in [0.2, 0.25) is 11.8 Å². The molecule has 8 nitrogen and oxygen atoms in total. The number of hydrogen-bond acceptors (Lipinski definition) is 4. The molecule has 0 aliphatic heterocycles. The number of amides is 2. The van der Waals surface area contributed by atoms with Gasteiger partial charge in [0.25, 0.3) is 0 Å². The molecule has 6 N–H and O–H groups in total. The van der Waals surface area contributed by atoms with Crippen LogP contribution in [0.2, 0.25) is 0 Å². The quantitative estimate of drug-likeness (QED) is 0.190. The van der Waals surface area contributed by atoms with Crippen molar-refractivity contribution in [3.63, 3.8) is 0 Å². The second-order valence-corrected chi connectivity index (χ2v) is 7.42. The van der Waals surface area contributed by atoms with Crippen LogP contribution in [-0.4, -0.2) is 44.5 Å². The van der Waals surface area contributed by atoms with E-state index in [0.717, 1.165) is 37.0 Å². The zero-order chi connectivity index (χ0) is 21.1. The number of nitrogens with one attached hydrogen (secondary N) is 2. The van der Waals surface area contributed by atoms with Gasteiger partial charge in [0.15, 0.2) is 5.96 Å². The predicted molar refractivity (Wildman–Crippen MR) is 114 cm³/mol. The normalized spacial score (nSPS) is 14.8. The Morgan fingerprint density at radius 1 is 1.10 bits per heavy atom. The van der Waals surface area contributed by atoms with Gasteiger partial charge in [-0.3, -0.25) is 14.6 Å². The molecule has 1 aromatic rings. The summed E-state index contributed by atoms with van der Waals surface area (Å²) in [5.41, 5.74) is 10.7. The molecular formula is C21H33N5O3. The lowest BCUT2D eigenvalue weighted by Crippen LogP contribution is -2.50. The predicted octanol–water partition coefficient (Wildman–Crippen LogP) is 1.08. The number of nitrogens with zero attached hydrogens (tertiary/aromatic N) is 1. The molecule has 2 rings (SSSR count). The van der Waals surface area contributed by atoms with E-state index in [4.69, 9.17) is 16.2 Å². The zero-order valence-corrected chi connectivity index (χ0v) is 17.2. The Labute approximate surface area is 172 Å². The number of unbranched alkanes of at least 4 members (excludes halogenated alkanes) is 1. The van der Waals surface area contributed by atoms with Crippen LogP contribution in [0.5, 0.6) is 5.75 Å². The van der Waals surface area contributed by atoms with Crippen molar-refractivity contribution in [3.05, 3.63) is 29.8 Å². The average Bonchev–Trinajstić information content (AvgIpc) is 3.21. The molecule has 0 saturated heterocycles. The maximum atomic E-state index is 12.9. The summed E-state index contributed by atoms with van der Waals surface area (Å²) in [6.07, 6.45) is 5.19. The van der Waals surface area contributed by atoms with E-state index >= 15 is 0 Å². The SMILES string of the molecule is COc1cccc(CCNC(=O)C2(C(=O)NCCCCN=C(N)N)CCCC2)c1. The highest BCUT2D eigenvalue weighted by Crippen LogP contribution is 2.38. The lowest BCUT2D eigenvalue weighted by atomic mass is 9.83. The topological polar surface area (TPSA) is 132 Å². The molecule has 1 aliphatic rings. The number of carbonyl (C=O) groups is 2. The number of carbonyl (C=O) groups excluding carboxylic acids is 2. The summed E-state index contributed by atoms with van der Waals surface area (Å²) >= 11 is 0. The lowest BCUT2D eigenvalue weighted by molar-refractivity contribution is -0.143. The molecule has 0 aromatic heterocycles. The third-order valence-corrected chi connectivity index (χ3v) is 5.32. The van der Waals surface area contributed by atoms with E-state index in [1.54, 1.807) is 7.11 Å². The van der Waals surface area contributed by atoms with Crippen molar-refractivity contribution in [2.75, 3.05) is 26.7 Å². The molecule has 1 aliphatic carbocycles. The van der Waals surface area contributed by atoms with Gasteiger partial charge in [-0.1, -0.05) is 25.0 Å². The molecule has 1 fully saturated rings. The summed E-state index contributed by atoms with van der Waals surface area (Å²) in [4.78, 5) is 29.6. The third-order valence-electron chi connectivity index (χ3n) is 5.32. The number of nitrogens with two attached hydrogens (primary N) is 2. The lowest BCUT2D eigenvalue weighted by Gasteiger charge is -2.26. The summed E-state index contributed by atoms with van der Waals surface area (Å²) in [6, 6.07) is 7.76. The van der Waals surface area contributed by atoms with Crippen LogP contribution in [0.3, 0.4) is 0 Å². The van der Waals surface area contributed by atoms with Crippen LogP contribution >= 0.6 is 0 Å². The van der Waals surface area contributed by atoms with E-state index in [0.29, 0.717) is 38.9 Å². The van der Waals surface area contributed by atoms with Gasteiger partial charge >= 0.3 is 0 Å². The van der Waals surface area contributed by atoms with Crippen LogP contribution in [0, 0.1) is 5.41 Å². The minimum atomic E-state index is -0.950. The summed E-state index contributed by atoms with van der Waals surface area (Å²) in [7, 11) is 1.63. The Balaban J connectivity index is 1.82. The summed E-state index contributed by atoms with van der Waals surface area (Å²) < 4.78 is 5.22. The largest absolute Gasteiger partial charge is 0.497 e. The summed E-state index contributed by atoms with van der Waals surface area (Å²) in [6.45, 7) is 1.53. The van der Waals surface area contributed by atoms with Crippen molar-refractivity contribution in [1.29, 1.82) is 0 Å². The Hall–Kier alpha value is -2.77. The van der Waals surface area contributed by atoms with Crippen molar-refractivity contribution < 1.29 is 14.3 Å². The van der Waals surface area contributed by atoms with Crippen molar-refractivity contribution >= 4 is 17.8 Å². The molecule has 1 saturated carbocycles. The van der Waals surface area contributed by atoms with Crippen LogP contribution in [-0.2, 0) is 16.0 Å². The fourth-order valence-corrected chi connectivity index (χ4v) is 3.67. The van der Waals surface area contributed by atoms with Crippen LogP contribution in [0.1, 0.15) is 44.1 Å². The van der Waals surface area contributed by atoms with Gasteiger partial charge in [-0.25, -0.2) is 0 Å². The first-order chi connectivity index (χ1) is 14.0. The van der Waals surface area contributed by atoms with Crippen molar-refractivity contribution in [2.45, 2.75) is 44.9 Å². The molecule has 0 spiro atoms. The smallest absolute Gasteiger partial charge is 0.235 e. The van der Waals surface area contributed by atoms with Gasteiger partial charge in [-0.05, 0) is 49.8 Å². The molecule has 29 heavy (non-hydrogen) atoms. The minimum Gasteiger partial charge on any atom is -0.497 e. The fraction of sp³-hybridized carbons (Fsp3) is 0.571. The standard InChI is InChI=1S/C21H33N5O3/c1-29-17-8-6-7-16(15-17)9-14-25-19(28)21(10-2-3-11-21)18(27)24-12-4-5-13-26-20(22)23/h6-8,15H,2-5,9-14H2,1H3,(H,24,27)(H,25,28)(H4,22,23,26). The van der Waals surface area contributed by atoms with Gasteiger partial charge in [-0.15, -0.1) is 0 Å². The second-order valence-electron chi connectivity index (χ2n) is 7.42. The Morgan fingerprint density at radius 3 is 2.45 bits per heavy atom. The molecule has 0 heterocycles. The first-order valence-corrected chi connectivity index (χ1v) is 10.2.